The minimum Gasteiger partial charge on any atom is -0.465 e. The Bertz CT molecular complexity index is 1570. The number of hydrogen-bond acceptors (Lipinski definition) is 7. The molecule has 0 unspecified atom stereocenters. The quantitative estimate of drug-likeness (QED) is 0.406. The zero-order chi connectivity index (χ0) is 26.5. The number of amides is 3. The Morgan fingerprint density at radius 1 is 1.11 bits per heavy atom. The van der Waals surface area contributed by atoms with E-state index >= 15 is 0 Å². The zero-order valence-corrected chi connectivity index (χ0v) is 18.9. The van der Waals surface area contributed by atoms with Crippen LogP contribution in [0.15, 0.2) is 49.1 Å². The van der Waals surface area contributed by atoms with Gasteiger partial charge >= 0.3 is 12.3 Å². The van der Waals surface area contributed by atoms with Gasteiger partial charge in [0.2, 0.25) is 0 Å². The predicted molar refractivity (Wildman–Crippen MR) is 119 cm³/mol. The number of alkyl halides is 3. The molecule has 1 aliphatic heterocycles. The molecule has 1 aliphatic rings. The van der Waals surface area contributed by atoms with E-state index in [1.165, 1.54) is 36.7 Å². The minimum absolute atomic E-state index is 0.00456. The predicted octanol–water partition coefficient (Wildman–Crippen LogP) is 3.41. The third-order valence-electron chi connectivity index (χ3n) is 5.37. The van der Waals surface area contributed by atoms with Gasteiger partial charge in [-0.3, -0.25) is 9.59 Å². The topological polar surface area (TPSA) is 148 Å². The molecule has 16 heteroatoms. The molecular weight excluding hydrogens is 521 g/mol. The number of nitrogens with zero attached hydrogens (tertiary/aromatic N) is 7. The number of benzene rings is 1. The van der Waals surface area contributed by atoms with E-state index in [0.29, 0.717) is 9.58 Å². The van der Waals surface area contributed by atoms with Crippen molar-refractivity contribution in [1.82, 2.24) is 34.7 Å². The third-order valence-corrected chi connectivity index (χ3v) is 5.65. The lowest BCUT2D eigenvalue weighted by atomic mass is 10.1. The molecule has 3 aromatic heterocycles. The summed E-state index contributed by atoms with van der Waals surface area (Å²) < 4.78 is 43.0. The van der Waals surface area contributed by atoms with Crippen LogP contribution in [-0.2, 0) is 12.7 Å². The summed E-state index contributed by atoms with van der Waals surface area (Å²) in [4.78, 5) is 42.2. The summed E-state index contributed by atoms with van der Waals surface area (Å²) in [5, 5.41) is 23.1. The molecule has 12 nitrogen and oxygen atoms in total. The van der Waals surface area contributed by atoms with Crippen LogP contribution in [0.2, 0.25) is 5.02 Å². The standard InChI is InChI=1S/C21H12ClF3N8O4/c22-14-6-10(7-26-17(14)33-27-4-5-28-33)30-18(34)12-8-29-32(16(12)21(23,24)25)15-3-1-2-11-13(15)9-31(19(11)35)20(36)37/h1-8H,9H2,(H,30,34)(H,36,37). The number of carboxylic acid groups (broad SMARTS) is 1. The second-order valence-corrected chi connectivity index (χ2v) is 8.00. The molecule has 1 aromatic carbocycles. The number of carbonyl (C=O) groups excluding carboxylic acids is 2. The highest BCUT2D eigenvalue weighted by atomic mass is 35.5. The highest BCUT2D eigenvalue weighted by Crippen LogP contribution is 2.37. The van der Waals surface area contributed by atoms with Gasteiger partial charge in [0.1, 0.15) is 0 Å². The minimum atomic E-state index is -5.05. The second kappa shape index (κ2) is 8.70. The Morgan fingerprint density at radius 2 is 1.84 bits per heavy atom. The van der Waals surface area contributed by atoms with Crippen LogP contribution >= 0.6 is 11.6 Å². The highest BCUT2D eigenvalue weighted by Gasteiger charge is 2.42. The number of halogens is 4. The van der Waals surface area contributed by atoms with Crippen LogP contribution in [0.4, 0.5) is 23.7 Å². The number of pyridine rings is 1. The first-order chi connectivity index (χ1) is 17.6. The number of carbonyl (C=O) groups is 3. The lowest BCUT2D eigenvalue weighted by Gasteiger charge is -2.15. The molecule has 0 bridgehead atoms. The number of hydrogen-bond donors (Lipinski definition) is 2. The Morgan fingerprint density at radius 3 is 2.49 bits per heavy atom. The molecule has 0 radical (unpaired) electrons. The monoisotopic (exact) mass is 532 g/mol. The maximum absolute atomic E-state index is 14.2. The Hall–Kier alpha value is -4.79. The summed E-state index contributed by atoms with van der Waals surface area (Å²) in [6.45, 7) is -0.472. The fraction of sp³-hybridized carbons (Fsp3) is 0.0952. The zero-order valence-electron chi connectivity index (χ0n) is 18.1. The van der Waals surface area contributed by atoms with E-state index in [1.807, 2.05) is 0 Å². The Labute approximate surface area is 208 Å². The molecule has 0 fully saturated rings. The summed E-state index contributed by atoms with van der Waals surface area (Å²) in [5.41, 5.74) is -2.50. The summed E-state index contributed by atoms with van der Waals surface area (Å²) in [7, 11) is 0. The van der Waals surface area contributed by atoms with Gasteiger partial charge in [-0.25, -0.2) is 19.4 Å². The van der Waals surface area contributed by atoms with Gasteiger partial charge in [-0.05, 0) is 18.2 Å². The van der Waals surface area contributed by atoms with Crippen molar-refractivity contribution < 1.29 is 32.7 Å². The fourth-order valence-electron chi connectivity index (χ4n) is 3.81. The SMILES string of the molecule is O=C(Nc1cnc(-n2nccn2)c(Cl)c1)c1cnn(-c2cccc3c2CN(C(=O)O)C3=O)c1C(F)(F)F. The van der Waals surface area contributed by atoms with E-state index in [1.54, 1.807) is 0 Å². The molecule has 3 amide bonds. The van der Waals surface area contributed by atoms with Crippen LogP contribution in [0, 0.1) is 0 Å². The molecule has 5 rings (SSSR count). The molecular formula is C21H12ClF3N8O4. The van der Waals surface area contributed by atoms with E-state index in [4.69, 9.17) is 11.6 Å². The first-order valence-electron chi connectivity index (χ1n) is 10.2. The Kier molecular flexibility index (Phi) is 5.63. The molecule has 0 aliphatic carbocycles. The Balaban J connectivity index is 1.51. The van der Waals surface area contributed by atoms with E-state index in [2.05, 4.69) is 25.6 Å². The summed E-state index contributed by atoms with van der Waals surface area (Å²) in [6, 6.07) is 5.10. The van der Waals surface area contributed by atoms with Crippen molar-refractivity contribution in [3.8, 4) is 11.5 Å². The van der Waals surface area contributed by atoms with Crippen molar-refractivity contribution in [2.24, 2.45) is 0 Å². The largest absolute Gasteiger partial charge is 0.465 e. The number of fused-ring (bicyclic) bond motifs is 1. The molecule has 2 N–H and O–H groups in total. The summed E-state index contributed by atoms with van der Waals surface area (Å²) in [5.74, 6) is -1.89. The lowest BCUT2D eigenvalue weighted by molar-refractivity contribution is -0.143. The van der Waals surface area contributed by atoms with Crippen molar-refractivity contribution in [1.29, 1.82) is 0 Å². The molecule has 0 spiro atoms. The molecule has 0 atom stereocenters. The van der Waals surface area contributed by atoms with Crippen LogP contribution in [0.5, 0.6) is 0 Å². The van der Waals surface area contributed by atoms with Crippen LogP contribution in [0.1, 0.15) is 32.0 Å². The van der Waals surface area contributed by atoms with E-state index in [0.717, 1.165) is 17.2 Å². The van der Waals surface area contributed by atoms with Gasteiger partial charge < -0.3 is 10.4 Å². The number of aromatic nitrogens is 6. The fourth-order valence-corrected chi connectivity index (χ4v) is 4.05. The van der Waals surface area contributed by atoms with Crippen LogP contribution in [0.3, 0.4) is 0 Å². The number of imide groups is 1. The highest BCUT2D eigenvalue weighted by molar-refractivity contribution is 6.32. The molecule has 4 aromatic rings. The van der Waals surface area contributed by atoms with Crippen LogP contribution < -0.4 is 5.32 Å². The molecule has 0 saturated carbocycles. The lowest BCUT2D eigenvalue weighted by Crippen LogP contribution is -2.29. The molecule has 188 valence electrons. The normalized spacial score (nSPS) is 13.1. The van der Waals surface area contributed by atoms with Gasteiger partial charge in [0.25, 0.3) is 11.8 Å². The maximum atomic E-state index is 14.2. The van der Waals surface area contributed by atoms with Crippen LogP contribution in [0.25, 0.3) is 11.5 Å². The van der Waals surface area contributed by atoms with Gasteiger partial charge in [-0.15, -0.1) is 4.80 Å². The third kappa shape index (κ3) is 4.14. The van der Waals surface area contributed by atoms with E-state index in [9.17, 15) is 32.7 Å². The van der Waals surface area contributed by atoms with Crippen molar-refractivity contribution >= 4 is 35.2 Å². The summed E-state index contributed by atoms with van der Waals surface area (Å²) >= 11 is 6.15. The number of rotatable bonds is 4. The summed E-state index contributed by atoms with van der Waals surface area (Å²) in [6.07, 6.45) is -1.93. The maximum Gasteiger partial charge on any atom is 0.434 e. The smallest absolute Gasteiger partial charge is 0.434 e. The molecule has 37 heavy (non-hydrogen) atoms. The van der Waals surface area contributed by atoms with Gasteiger partial charge in [0.15, 0.2) is 11.5 Å². The van der Waals surface area contributed by atoms with Gasteiger partial charge in [-0.1, -0.05) is 17.7 Å². The van der Waals surface area contributed by atoms with Gasteiger partial charge in [0, 0.05) is 11.1 Å². The van der Waals surface area contributed by atoms with E-state index in [-0.39, 0.29) is 33.3 Å². The van der Waals surface area contributed by atoms with Gasteiger partial charge in [-0.2, -0.15) is 28.5 Å². The van der Waals surface area contributed by atoms with E-state index < -0.39 is 41.9 Å². The van der Waals surface area contributed by atoms with Crippen molar-refractivity contribution in [2.75, 3.05) is 5.32 Å². The first-order valence-corrected chi connectivity index (χ1v) is 10.6. The van der Waals surface area contributed by atoms with Gasteiger partial charge in [0.05, 0.1) is 53.3 Å². The number of anilines is 1. The molecule has 4 heterocycles. The number of nitrogens with one attached hydrogen (secondary N) is 1. The van der Waals surface area contributed by atoms with Crippen molar-refractivity contribution in [3.63, 3.8) is 0 Å². The van der Waals surface area contributed by atoms with Crippen LogP contribution in [-0.4, -0.2) is 57.7 Å². The average molecular weight is 533 g/mol. The van der Waals surface area contributed by atoms with Crippen molar-refractivity contribution in [3.05, 3.63) is 76.5 Å². The first kappa shape index (κ1) is 23.9. The average Bonchev–Trinajstić information content (AvgIpc) is 3.58. The second-order valence-electron chi connectivity index (χ2n) is 7.60. The van der Waals surface area contributed by atoms with Crippen molar-refractivity contribution in [2.45, 2.75) is 12.7 Å². The molecule has 0 saturated heterocycles.